The monoisotopic (exact) mass is 334 g/mol. The van der Waals surface area contributed by atoms with Gasteiger partial charge in [0, 0.05) is 0 Å². The SMILES string of the molecule is Cl.Cl.[CH2]=[Zr]([C]1=CC=CC1)[C]1=C(C)C(C)=CC1. The molecule has 16 heavy (non-hydrogen) atoms. The molecule has 0 atom stereocenters. The second-order valence-electron chi connectivity index (χ2n) is 4.00. The van der Waals surface area contributed by atoms with Crippen molar-refractivity contribution in [1.82, 2.24) is 0 Å². The third-order valence-electron chi connectivity index (χ3n) is 3.18. The van der Waals surface area contributed by atoms with Crippen molar-refractivity contribution >= 4 is 29.0 Å². The number of hydrogen-bond acceptors (Lipinski definition) is 0. The van der Waals surface area contributed by atoms with Crippen LogP contribution in [0.25, 0.3) is 0 Å². The van der Waals surface area contributed by atoms with E-state index in [1.165, 1.54) is 18.4 Å². The van der Waals surface area contributed by atoms with Crippen molar-refractivity contribution in [3.8, 4) is 0 Å². The fourth-order valence-corrected chi connectivity index (χ4v) is 7.05. The van der Waals surface area contributed by atoms with Gasteiger partial charge in [-0.15, -0.1) is 24.8 Å². The summed E-state index contributed by atoms with van der Waals surface area (Å²) in [7, 11) is 0. The van der Waals surface area contributed by atoms with Crippen molar-refractivity contribution in [3.05, 3.63) is 42.0 Å². The van der Waals surface area contributed by atoms with Crippen molar-refractivity contribution in [2.75, 3.05) is 0 Å². The molecular formula is C13H18Cl2Zr. The summed E-state index contributed by atoms with van der Waals surface area (Å²) in [6.07, 6.45) is 11.5. The molecule has 0 heterocycles. The molecule has 0 aromatic carbocycles. The van der Waals surface area contributed by atoms with Gasteiger partial charge in [0.1, 0.15) is 0 Å². The fourth-order valence-electron chi connectivity index (χ4n) is 2.01. The molecule has 0 fully saturated rings. The van der Waals surface area contributed by atoms with E-state index in [4.69, 9.17) is 0 Å². The number of allylic oxidation sites excluding steroid dienone is 8. The van der Waals surface area contributed by atoms with Crippen LogP contribution in [-0.4, -0.2) is 4.21 Å². The summed E-state index contributed by atoms with van der Waals surface area (Å²) in [5.74, 6) is 0. The van der Waals surface area contributed by atoms with Crippen LogP contribution in [0, 0.1) is 0 Å². The van der Waals surface area contributed by atoms with Crippen molar-refractivity contribution in [2.45, 2.75) is 26.7 Å². The average molecular weight is 336 g/mol. The van der Waals surface area contributed by atoms with Gasteiger partial charge in [0.05, 0.1) is 0 Å². The van der Waals surface area contributed by atoms with Crippen LogP contribution in [0.5, 0.6) is 0 Å². The molecule has 3 heteroatoms. The molecule has 0 N–H and O–H groups in total. The Morgan fingerprint density at radius 3 is 2.31 bits per heavy atom. The van der Waals surface area contributed by atoms with Gasteiger partial charge in [-0.3, -0.25) is 0 Å². The zero-order valence-corrected chi connectivity index (χ0v) is 13.8. The predicted octanol–water partition coefficient (Wildman–Crippen LogP) is 4.35. The molecule has 0 aromatic heterocycles. The minimum absolute atomic E-state index is 0. The third-order valence-corrected chi connectivity index (χ3v) is 9.21. The van der Waals surface area contributed by atoms with Gasteiger partial charge in [-0.1, -0.05) is 0 Å². The van der Waals surface area contributed by atoms with Crippen molar-refractivity contribution in [3.63, 3.8) is 0 Å². The molecule has 0 aliphatic heterocycles. The van der Waals surface area contributed by atoms with E-state index in [1.807, 2.05) is 0 Å². The zero-order valence-electron chi connectivity index (χ0n) is 9.75. The van der Waals surface area contributed by atoms with Crippen LogP contribution in [0.2, 0.25) is 0 Å². The first-order valence-electron chi connectivity index (χ1n) is 5.12. The zero-order chi connectivity index (χ0) is 10.1. The van der Waals surface area contributed by atoms with Crippen LogP contribution in [0.15, 0.2) is 42.0 Å². The molecule has 0 saturated heterocycles. The van der Waals surface area contributed by atoms with Crippen LogP contribution in [0.1, 0.15) is 26.7 Å². The molecule has 2 rings (SSSR count). The van der Waals surface area contributed by atoms with E-state index in [0.29, 0.717) is 0 Å². The molecule has 2 aliphatic carbocycles. The summed E-state index contributed by atoms with van der Waals surface area (Å²) >= 11 is -1.62. The van der Waals surface area contributed by atoms with E-state index in [-0.39, 0.29) is 24.8 Å². The number of halogens is 2. The van der Waals surface area contributed by atoms with Gasteiger partial charge in [-0.25, -0.2) is 0 Å². The van der Waals surface area contributed by atoms with Gasteiger partial charge in [0.15, 0.2) is 0 Å². The number of hydrogen-bond donors (Lipinski definition) is 0. The van der Waals surface area contributed by atoms with E-state index in [0.717, 1.165) is 0 Å². The Kier molecular flexibility index (Phi) is 7.02. The van der Waals surface area contributed by atoms with E-state index in [2.05, 4.69) is 42.4 Å². The van der Waals surface area contributed by atoms with E-state index in [1.54, 1.807) is 12.1 Å². The summed E-state index contributed by atoms with van der Waals surface area (Å²) in [4.78, 5) is 0. The van der Waals surface area contributed by atoms with E-state index in [9.17, 15) is 0 Å². The van der Waals surface area contributed by atoms with Crippen molar-refractivity contribution in [1.29, 1.82) is 0 Å². The van der Waals surface area contributed by atoms with Gasteiger partial charge < -0.3 is 0 Å². The standard InChI is InChI=1S/C7H9.C5H5.CH2.2ClH.Zr/c1-6-4-3-5-7(6)2;1-2-4-5-3-1;;;;/h4H,3H2,1-2H3;1-3H,4H2;1H2;2*1H;. The second kappa shape index (κ2) is 6.89. The Balaban J connectivity index is 0.00000112. The van der Waals surface area contributed by atoms with Gasteiger partial charge >= 0.3 is 94.2 Å². The Labute approximate surface area is 118 Å². The van der Waals surface area contributed by atoms with E-state index < -0.39 is 21.3 Å². The summed E-state index contributed by atoms with van der Waals surface area (Å²) in [5.41, 5.74) is 3.02. The normalized spacial score (nSPS) is 17.6. The van der Waals surface area contributed by atoms with Crippen molar-refractivity contribution < 1.29 is 21.3 Å². The molecule has 2 aliphatic rings. The Hall–Kier alpha value is 0.293. The van der Waals surface area contributed by atoms with Crippen LogP contribution >= 0.6 is 24.8 Å². The predicted molar refractivity (Wildman–Crippen MR) is 74.5 cm³/mol. The van der Waals surface area contributed by atoms with Gasteiger partial charge in [0.25, 0.3) is 0 Å². The average Bonchev–Trinajstić information content (AvgIpc) is 2.77. The first-order chi connectivity index (χ1) is 6.70. The molecule has 88 valence electrons. The minimum atomic E-state index is -1.62. The third kappa shape index (κ3) is 3.16. The van der Waals surface area contributed by atoms with Crippen LogP contribution < -0.4 is 0 Å². The quantitative estimate of drug-likeness (QED) is 0.703. The molecule has 0 amide bonds. The maximum absolute atomic E-state index is 4.48. The topological polar surface area (TPSA) is 0 Å². The van der Waals surface area contributed by atoms with Gasteiger partial charge in [0.2, 0.25) is 0 Å². The van der Waals surface area contributed by atoms with E-state index >= 15 is 0 Å². The van der Waals surface area contributed by atoms with Crippen LogP contribution in [0.3, 0.4) is 0 Å². The van der Waals surface area contributed by atoms with Gasteiger partial charge in [-0.05, 0) is 0 Å². The summed E-state index contributed by atoms with van der Waals surface area (Å²) in [6.45, 7) is 4.49. The molecule has 0 bridgehead atoms. The summed E-state index contributed by atoms with van der Waals surface area (Å²) < 4.78 is 7.85. The fraction of sp³-hybridized carbons (Fsp3) is 0.308. The molecule has 0 radical (unpaired) electrons. The van der Waals surface area contributed by atoms with Crippen LogP contribution in [0.4, 0.5) is 0 Å². The molecule has 0 saturated carbocycles. The first-order valence-corrected chi connectivity index (χ1v) is 9.32. The second-order valence-corrected chi connectivity index (χ2v) is 9.41. The Bertz CT molecular complexity index is 412. The molecule has 0 spiro atoms. The van der Waals surface area contributed by atoms with Crippen molar-refractivity contribution in [2.24, 2.45) is 0 Å². The Morgan fingerprint density at radius 1 is 1.19 bits per heavy atom. The summed E-state index contributed by atoms with van der Waals surface area (Å²) in [6, 6.07) is 0. The van der Waals surface area contributed by atoms with Gasteiger partial charge in [-0.2, -0.15) is 0 Å². The first kappa shape index (κ1) is 16.3. The maximum atomic E-state index is 4.48. The molecular weight excluding hydrogens is 318 g/mol. The molecule has 0 nitrogen and oxygen atoms in total. The summed E-state index contributed by atoms with van der Waals surface area (Å²) in [5, 5.41) is 0. The van der Waals surface area contributed by atoms with Crippen LogP contribution in [-0.2, 0) is 21.3 Å². The molecule has 0 aromatic rings. The Morgan fingerprint density at radius 2 is 1.88 bits per heavy atom. The molecule has 0 unspecified atom stereocenters. The number of rotatable bonds is 2.